The summed E-state index contributed by atoms with van der Waals surface area (Å²) in [6, 6.07) is 18.5. The Hall–Kier alpha value is -3.14. The topological polar surface area (TPSA) is 55.1 Å². The van der Waals surface area contributed by atoms with Crippen molar-refractivity contribution in [3.63, 3.8) is 0 Å². The highest BCUT2D eigenvalue weighted by molar-refractivity contribution is 5.87. The van der Waals surface area contributed by atoms with Crippen LogP contribution in [0.15, 0.2) is 66.9 Å². The zero-order valence-corrected chi connectivity index (χ0v) is 15.8. The first-order chi connectivity index (χ1) is 13.7. The van der Waals surface area contributed by atoms with Gasteiger partial charge in [0.2, 0.25) is 0 Å². The van der Waals surface area contributed by atoms with Gasteiger partial charge in [-0.2, -0.15) is 5.10 Å². The monoisotopic (exact) mass is 372 g/mol. The van der Waals surface area contributed by atoms with E-state index in [-0.39, 0.29) is 0 Å². The fourth-order valence-corrected chi connectivity index (χ4v) is 3.96. The third kappa shape index (κ3) is 4.06. The number of rotatable bonds is 5. The Bertz CT molecular complexity index is 966. The summed E-state index contributed by atoms with van der Waals surface area (Å²) < 4.78 is 1.80. The first-order valence-corrected chi connectivity index (χ1v) is 9.87. The molecule has 1 aliphatic rings. The van der Waals surface area contributed by atoms with Crippen molar-refractivity contribution < 1.29 is 9.90 Å². The Morgan fingerprint density at radius 1 is 1.00 bits per heavy atom. The number of carboxylic acids is 1. The maximum Gasteiger partial charge on any atom is 0.328 e. The molecule has 1 aliphatic carbocycles. The van der Waals surface area contributed by atoms with Crippen LogP contribution in [0.1, 0.15) is 49.1 Å². The van der Waals surface area contributed by atoms with E-state index in [1.165, 1.54) is 37.7 Å². The molecule has 0 bridgehead atoms. The maximum absolute atomic E-state index is 11.0. The lowest BCUT2D eigenvalue weighted by Gasteiger charge is -2.22. The van der Waals surface area contributed by atoms with Crippen molar-refractivity contribution in [2.75, 3.05) is 0 Å². The Balaban J connectivity index is 1.68. The van der Waals surface area contributed by atoms with Gasteiger partial charge in [0, 0.05) is 23.4 Å². The number of hydrogen-bond acceptors (Lipinski definition) is 2. The molecule has 0 amide bonds. The second-order valence-corrected chi connectivity index (χ2v) is 7.34. The molecular formula is C24H24N2O2. The van der Waals surface area contributed by atoms with Crippen LogP contribution < -0.4 is 0 Å². The van der Waals surface area contributed by atoms with Crippen molar-refractivity contribution in [1.82, 2.24) is 9.78 Å². The fraction of sp³-hybridized carbons (Fsp3) is 0.250. The van der Waals surface area contributed by atoms with Crippen LogP contribution in [0.5, 0.6) is 0 Å². The zero-order chi connectivity index (χ0) is 19.3. The van der Waals surface area contributed by atoms with Crippen molar-refractivity contribution in [2.24, 2.45) is 0 Å². The standard InChI is InChI=1S/C24H24N2O2/c27-23(28)16-15-21-17-26(22-9-5-2-6-10-22)25-24(21)20-13-11-19(12-14-20)18-7-3-1-4-8-18/h2,5-6,9-18H,1,3-4,7-8H2,(H,27,28)/b16-15+. The smallest absolute Gasteiger partial charge is 0.328 e. The van der Waals surface area contributed by atoms with Gasteiger partial charge in [0.25, 0.3) is 0 Å². The van der Waals surface area contributed by atoms with Gasteiger partial charge in [-0.15, -0.1) is 0 Å². The number of para-hydroxylation sites is 1. The molecule has 2 aromatic carbocycles. The van der Waals surface area contributed by atoms with E-state index in [4.69, 9.17) is 10.2 Å². The molecule has 0 aliphatic heterocycles. The van der Waals surface area contributed by atoms with E-state index in [2.05, 4.69) is 24.3 Å². The summed E-state index contributed by atoms with van der Waals surface area (Å²) in [5.74, 6) is -0.304. The first-order valence-electron chi connectivity index (χ1n) is 9.87. The van der Waals surface area contributed by atoms with E-state index < -0.39 is 5.97 Å². The Morgan fingerprint density at radius 2 is 1.71 bits per heavy atom. The van der Waals surface area contributed by atoms with Crippen LogP contribution in [0.4, 0.5) is 0 Å². The largest absolute Gasteiger partial charge is 0.478 e. The summed E-state index contributed by atoms with van der Waals surface area (Å²) in [6.45, 7) is 0. The molecule has 0 saturated heterocycles. The molecule has 4 nitrogen and oxygen atoms in total. The minimum absolute atomic E-state index is 0.663. The van der Waals surface area contributed by atoms with E-state index in [9.17, 15) is 4.79 Å². The molecule has 1 heterocycles. The van der Waals surface area contributed by atoms with Gasteiger partial charge in [0.05, 0.1) is 11.4 Å². The minimum Gasteiger partial charge on any atom is -0.478 e. The van der Waals surface area contributed by atoms with Crippen LogP contribution in [0.3, 0.4) is 0 Å². The van der Waals surface area contributed by atoms with E-state index in [0.29, 0.717) is 5.92 Å². The third-order valence-corrected chi connectivity index (χ3v) is 5.43. The molecule has 0 atom stereocenters. The Morgan fingerprint density at radius 3 is 2.39 bits per heavy atom. The van der Waals surface area contributed by atoms with Gasteiger partial charge < -0.3 is 5.11 Å². The van der Waals surface area contributed by atoms with Gasteiger partial charge in [-0.1, -0.05) is 61.7 Å². The highest BCUT2D eigenvalue weighted by Crippen LogP contribution is 2.34. The Labute approximate surface area is 165 Å². The number of aliphatic carboxylic acids is 1. The molecule has 1 saturated carbocycles. The molecule has 1 fully saturated rings. The molecule has 4 heteroatoms. The number of benzene rings is 2. The van der Waals surface area contributed by atoms with Gasteiger partial charge in [-0.25, -0.2) is 9.48 Å². The summed E-state index contributed by atoms with van der Waals surface area (Å²) in [5.41, 5.74) is 4.92. The molecule has 0 unspecified atom stereocenters. The normalized spacial score (nSPS) is 15.1. The van der Waals surface area contributed by atoms with Gasteiger partial charge in [-0.05, 0) is 42.5 Å². The summed E-state index contributed by atoms with van der Waals surface area (Å²) in [5, 5.41) is 13.8. The van der Waals surface area contributed by atoms with E-state index in [1.807, 2.05) is 36.5 Å². The molecule has 3 aromatic rings. The number of hydrogen-bond donors (Lipinski definition) is 1. The summed E-state index contributed by atoms with van der Waals surface area (Å²) >= 11 is 0. The molecular weight excluding hydrogens is 348 g/mol. The predicted molar refractivity (Wildman–Crippen MR) is 111 cm³/mol. The van der Waals surface area contributed by atoms with Crippen LogP contribution in [0.2, 0.25) is 0 Å². The average molecular weight is 372 g/mol. The zero-order valence-electron chi connectivity index (χ0n) is 15.8. The lowest BCUT2D eigenvalue weighted by Crippen LogP contribution is -2.04. The average Bonchev–Trinajstić information content (AvgIpc) is 3.18. The third-order valence-electron chi connectivity index (χ3n) is 5.43. The predicted octanol–water partition coefficient (Wildman–Crippen LogP) is 5.68. The van der Waals surface area contributed by atoms with Crippen molar-refractivity contribution in [1.29, 1.82) is 0 Å². The second-order valence-electron chi connectivity index (χ2n) is 7.34. The van der Waals surface area contributed by atoms with E-state index in [0.717, 1.165) is 28.6 Å². The lowest BCUT2D eigenvalue weighted by molar-refractivity contribution is -0.131. The minimum atomic E-state index is -0.967. The second kappa shape index (κ2) is 8.26. The summed E-state index contributed by atoms with van der Waals surface area (Å²) in [7, 11) is 0. The number of aromatic nitrogens is 2. The van der Waals surface area contributed by atoms with Crippen LogP contribution in [0, 0.1) is 0 Å². The molecule has 4 rings (SSSR count). The van der Waals surface area contributed by atoms with Crippen LogP contribution >= 0.6 is 0 Å². The number of carbonyl (C=O) groups is 1. The molecule has 1 aromatic heterocycles. The number of carboxylic acid groups (broad SMARTS) is 1. The van der Waals surface area contributed by atoms with Gasteiger partial charge in [0.1, 0.15) is 0 Å². The van der Waals surface area contributed by atoms with Gasteiger partial charge in [-0.3, -0.25) is 0 Å². The van der Waals surface area contributed by atoms with Gasteiger partial charge >= 0.3 is 5.97 Å². The highest BCUT2D eigenvalue weighted by Gasteiger charge is 2.16. The maximum atomic E-state index is 11.0. The van der Waals surface area contributed by atoms with Crippen LogP contribution in [-0.4, -0.2) is 20.9 Å². The summed E-state index contributed by atoms with van der Waals surface area (Å²) in [4.78, 5) is 11.0. The molecule has 0 radical (unpaired) electrons. The fourth-order valence-electron chi connectivity index (χ4n) is 3.96. The highest BCUT2D eigenvalue weighted by atomic mass is 16.4. The van der Waals surface area contributed by atoms with Gasteiger partial charge in [0.15, 0.2) is 0 Å². The van der Waals surface area contributed by atoms with E-state index >= 15 is 0 Å². The molecule has 0 spiro atoms. The number of nitrogens with zero attached hydrogens (tertiary/aromatic N) is 2. The molecule has 142 valence electrons. The quantitative estimate of drug-likeness (QED) is 0.586. The van der Waals surface area contributed by atoms with Crippen molar-refractivity contribution in [3.8, 4) is 16.9 Å². The van der Waals surface area contributed by atoms with Crippen molar-refractivity contribution in [2.45, 2.75) is 38.0 Å². The first kappa shape index (κ1) is 18.2. The van der Waals surface area contributed by atoms with Crippen molar-refractivity contribution >= 4 is 12.0 Å². The van der Waals surface area contributed by atoms with Crippen LogP contribution in [0.25, 0.3) is 23.0 Å². The van der Waals surface area contributed by atoms with E-state index in [1.54, 1.807) is 10.8 Å². The Kier molecular flexibility index (Phi) is 5.38. The SMILES string of the molecule is O=C(O)/C=C/c1cn(-c2ccccc2)nc1-c1ccc(C2CCCCC2)cc1. The lowest BCUT2D eigenvalue weighted by atomic mass is 9.84. The summed E-state index contributed by atoms with van der Waals surface area (Å²) in [6.07, 6.45) is 11.2. The molecule has 1 N–H and O–H groups in total. The molecule has 28 heavy (non-hydrogen) atoms. The van der Waals surface area contributed by atoms with Crippen molar-refractivity contribution in [3.05, 3.63) is 78.0 Å². The van der Waals surface area contributed by atoms with Crippen LogP contribution in [-0.2, 0) is 4.79 Å².